The van der Waals surface area contributed by atoms with Gasteiger partial charge in [0.05, 0.1) is 25.1 Å². The molecule has 2 aromatic rings. The van der Waals surface area contributed by atoms with Gasteiger partial charge in [-0.2, -0.15) is 22.5 Å². The molecular weight excluding hydrogens is 318 g/mol. The first-order chi connectivity index (χ1) is 11.0. The van der Waals surface area contributed by atoms with E-state index in [1.165, 1.54) is 4.31 Å². The van der Waals surface area contributed by atoms with E-state index in [4.69, 9.17) is 4.74 Å². The molecule has 0 saturated carbocycles. The largest absolute Gasteiger partial charge is 0.379 e. The van der Waals surface area contributed by atoms with Crippen LogP contribution in [0.3, 0.4) is 0 Å². The van der Waals surface area contributed by atoms with Crippen LogP contribution in [0.2, 0.25) is 0 Å². The first kappa shape index (κ1) is 16.1. The summed E-state index contributed by atoms with van der Waals surface area (Å²) in [7, 11) is -1.63. The zero-order chi connectivity index (χ0) is 16.3. The topological polar surface area (TPSA) is 89.4 Å². The van der Waals surface area contributed by atoms with Gasteiger partial charge in [0.1, 0.15) is 0 Å². The summed E-state index contributed by atoms with van der Waals surface area (Å²) < 4.78 is 35.2. The van der Waals surface area contributed by atoms with Crippen molar-refractivity contribution in [2.45, 2.75) is 6.54 Å². The molecule has 0 aromatic carbocycles. The standard InChI is InChI=1S/C14H19N5O3S/c1-18-11-13(10-16-18)14-3-2-12(8-15-14)9-17-23(20,21)19-4-6-22-7-5-19/h2-3,8,10-11,17H,4-7,9H2,1H3. The van der Waals surface area contributed by atoms with Crippen LogP contribution in [-0.2, 0) is 28.5 Å². The number of aromatic nitrogens is 3. The van der Waals surface area contributed by atoms with Gasteiger partial charge in [-0.1, -0.05) is 6.07 Å². The van der Waals surface area contributed by atoms with Gasteiger partial charge in [-0.05, 0) is 11.6 Å². The Labute approximate surface area is 135 Å². The SMILES string of the molecule is Cn1cc(-c2ccc(CNS(=O)(=O)N3CCOCC3)cn2)cn1. The average molecular weight is 337 g/mol. The summed E-state index contributed by atoms with van der Waals surface area (Å²) in [5.41, 5.74) is 2.53. The molecule has 1 N–H and O–H groups in total. The molecule has 0 atom stereocenters. The van der Waals surface area contributed by atoms with Crippen LogP contribution in [0.15, 0.2) is 30.7 Å². The van der Waals surface area contributed by atoms with E-state index in [-0.39, 0.29) is 6.54 Å². The molecule has 0 unspecified atom stereocenters. The molecule has 1 saturated heterocycles. The minimum Gasteiger partial charge on any atom is -0.379 e. The zero-order valence-electron chi connectivity index (χ0n) is 12.8. The Balaban J connectivity index is 1.62. The summed E-state index contributed by atoms with van der Waals surface area (Å²) in [6.07, 6.45) is 5.29. The van der Waals surface area contributed by atoms with Crippen LogP contribution in [0.1, 0.15) is 5.56 Å². The fourth-order valence-electron chi connectivity index (χ4n) is 2.31. The number of hydrogen-bond acceptors (Lipinski definition) is 5. The lowest BCUT2D eigenvalue weighted by Gasteiger charge is -2.26. The van der Waals surface area contributed by atoms with Crippen molar-refractivity contribution in [1.82, 2.24) is 23.8 Å². The van der Waals surface area contributed by atoms with Gasteiger partial charge in [0.25, 0.3) is 10.2 Å². The molecule has 8 nitrogen and oxygen atoms in total. The van der Waals surface area contributed by atoms with E-state index in [0.29, 0.717) is 26.3 Å². The third-order valence-electron chi connectivity index (χ3n) is 3.59. The van der Waals surface area contributed by atoms with Gasteiger partial charge >= 0.3 is 0 Å². The highest BCUT2D eigenvalue weighted by atomic mass is 32.2. The molecule has 0 bridgehead atoms. The van der Waals surface area contributed by atoms with E-state index in [2.05, 4.69) is 14.8 Å². The molecule has 3 rings (SSSR count). The predicted molar refractivity (Wildman–Crippen MR) is 84.6 cm³/mol. The molecule has 0 amide bonds. The number of nitrogens with one attached hydrogen (secondary N) is 1. The maximum absolute atomic E-state index is 12.2. The van der Waals surface area contributed by atoms with Crippen molar-refractivity contribution >= 4 is 10.2 Å². The van der Waals surface area contributed by atoms with Gasteiger partial charge in [-0.15, -0.1) is 0 Å². The van der Waals surface area contributed by atoms with E-state index in [0.717, 1.165) is 16.8 Å². The normalized spacial score (nSPS) is 16.6. The predicted octanol–water partition coefficient (Wildman–Crippen LogP) is 0.149. The van der Waals surface area contributed by atoms with Crippen molar-refractivity contribution in [1.29, 1.82) is 0 Å². The van der Waals surface area contributed by atoms with Crippen LogP contribution in [0.25, 0.3) is 11.3 Å². The highest BCUT2D eigenvalue weighted by molar-refractivity contribution is 7.87. The Morgan fingerprint density at radius 2 is 2.04 bits per heavy atom. The summed E-state index contributed by atoms with van der Waals surface area (Å²) in [6, 6.07) is 3.71. The van der Waals surface area contributed by atoms with Gasteiger partial charge in [0.15, 0.2) is 0 Å². The number of nitrogens with zero attached hydrogens (tertiary/aromatic N) is 4. The number of hydrogen-bond donors (Lipinski definition) is 1. The van der Waals surface area contributed by atoms with Crippen molar-refractivity contribution < 1.29 is 13.2 Å². The molecule has 0 aliphatic carbocycles. The van der Waals surface area contributed by atoms with Crippen LogP contribution in [0, 0.1) is 0 Å². The number of morpholine rings is 1. The molecule has 23 heavy (non-hydrogen) atoms. The quantitative estimate of drug-likeness (QED) is 0.839. The Kier molecular flexibility index (Phi) is 4.71. The molecule has 9 heteroatoms. The fraction of sp³-hybridized carbons (Fsp3) is 0.429. The van der Waals surface area contributed by atoms with Crippen LogP contribution in [0.5, 0.6) is 0 Å². The third kappa shape index (κ3) is 3.94. The van der Waals surface area contributed by atoms with Crippen molar-refractivity contribution in [3.05, 3.63) is 36.3 Å². The van der Waals surface area contributed by atoms with E-state index >= 15 is 0 Å². The molecule has 0 spiro atoms. The van der Waals surface area contributed by atoms with Crippen LogP contribution in [-0.4, -0.2) is 53.8 Å². The van der Waals surface area contributed by atoms with Crippen LogP contribution >= 0.6 is 0 Å². The zero-order valence-corrected chi connectivity index (χ0v) is 13.7. The highest BCUT2D eigenvalue weighted by Gasteiger charge is 2.23. The monoisotopic (exact) mass is 337 g/mol. The first-order valence-corrected chi connectivity index (χ1v) is 8.75. The van der Waals surface area contributed by atoms with Gasteiger partial charge in [0, 0.05) is 44.6 Å². The number of ether oxygens (including phenoxy) is 1. The second-order valence-electron chi connectivity index (χ2n) is 5.29. The van der Waals surface area contributed by atoms with Crippen molar-refractivity contribution in [2.24, 2.45) is 7.05 Å². The van der Waals surface area contributed by atoms with E-state index < -0.39 is 10.2 Å². The molecular formula is C14H19N5O3S. The van der Waals surface area contributed by atoms with Gasteiger partial charge in [0.2, 0.25) is 0 Å². The van der Waals surface area contributed by atoms with Crippen molar-refractivity contribution in [3.63, 3.8) is 0 Å². The van der Waals surface area contributed by atoms with Crippen molar-refractivity contribution in [3.8, 4) is 11.3 Å². The van der Waals surface area contributed by atoms with Gasteiger partial charge < -0.3 is 4.74 Å². The summed E-state index contributed by atoms with van der Waals surface area (Å²) in [5.74, 6) is 0. The Morgan fingerprint density at radius 1 is 1.26 bits per heavy atom. The van der Waals surface area contributed by atoms with Crippen LogP contribution < -0.4 is 4.72 Å². The highest BCUT2D eigenvalue weighted by Crippen LogP contribution is 2.15. The molecule has 0 radical (unpaired) electrons. The Morgan fingerprint density at radius 3 is 2.65 bits per heavy atom. The second-order valence-corrected chi connectivity index (χ2v) is 7.05. The molecule has 3 heterocycles. The third-order valence-corrected chi connectivity index (χ3v) is 5.15. The van der Waals surface area contributed by atoms with E-state index in [9.17, 15) is 8.42 Å². The summed E-state index contributed by atoms with van der Waals surface area (Å²) in [4.78, 5) is 4.35. The minimum atomic E-state index is -3.48. The lowest BCUT2D eigenvalue weighted by Crippen LogP contribution is -2.46. The fourth-order valence-corrected chi connectivity index (χ4v) is 3.47. The number of rotatable bonds is 5. The number of pyridine rings is 1. The number of aryl methyl sites for hydroxylation is 1. The lowest BCUT2D eigenvalue weighted by molar-refractivity contribution is 0.0725. The minimum absolute atomic E-state index is 0.208. The molecule has 1 fully saturated rings. The molecule has 1 aliphatic rings. The molecule has 2 aromatic heterocycles. The summed E-state index contributed by atoms with van der Waals surface area (Å²) >= 11 is 0. The summed E-state index contributed by atoms with van der Waals surface area (Å²) in [5, 5.41) is 4.11. The Bertz CT molecular complexity index is 751. The first-order valence-electron chi connectivity index (χ1n) is 7.31. The molecule has 1 aliphatic heterocycles. The second kappa shape index (κ2) is 6.75. The summed E-state index contributed by atoms with van der Waals surface area (Å²) in [6.45, 7) is 1.84. The van der Waals surface area contributed by atoms with Crippen LogP contribution in [0.4, 0.5) is 0 Å². The van der Waals surface area contributed by atoms with Gasteiger partial charge in [-0.3, -0.25) is 9.67 Å². The lowest BCUT2D eigenvalue weighted by atomic mass is 10.2. The maximum atomic E-state index is 12.2. The van der Waals surface area contributed by atoms with Crippen molar-refractivity contribution in [2.75, 3.05) is 26.3 Å². The average Bonchev–Trinajstić information content (AvgIpc) is 3.01. The molecule has 124 valence electrons. The smallest absolute Gasteiger partial charge is 0.279 e. The van der Waals surface area contributed by atoms with E-state index in [1.807, 2.05) is 25.4 Å². The van der Waals surface area contributed by atoms with E-state index in [1.54, 1.807) is 17.1 Å². The van der Waals surface area contributed by atoms with Gasteiger partial charge in [-0.25, -0.2) is 0 Å². The Hall–Kier alpha value is -1.81. The maximum Gasteiger partial charge on any atom is 0.279 e.